The van der Waals surface area contributed by atoms with Gasteiger partial charge in [0.1, 0.15) is 5.75 Å². The molecule has 1 aliphatic rings. The van der Waals surface area contributed by atoms with Crippen LogP contribution < -0.4 is 4.74 Å². The van der Waals surface area contributed by atoms with E-state index in [2.05, 4.69) is 24.8 Å². The van der Waals surface area contributed by atoms with Crippen LogP contribution in [-0.2, 0) is 11.2 Å². The molecule has 0 bridgehead atoms. The van der Waals surface area contributed by atoms with E-state index in [0.717, 1.165) is 37.4 Å². The van der Waals surface area contributed by atoms with Crippen molar-refractivity contribution in [2.75, 3.05) is 19.7 Å². The molecule has 1 unspecified atom stereocenters. The Labute approximate surface area is 114 Å². The summed E-state index contributed by atoms with van der Waals surface area (Å²) in [5.41, 5.74) is 2.27. The smallest absolute Gasteiger partial charge is 0.305 e. The van der Waals surface area contributed by atoms with Crippen LogP contribution >= 0.6 is 0 Å². The largest absolute Gasteiger partial charge is 0.493 e. The highest BCUT2D eigenvalue weighted by molar-refractivity contribution is 5.68. The molecule has 0 saturated heterocycles. The molecule has 0 aliphatic carbocycles. The predicted octanol–water partition coefficient (Wildman–Crippen LogP) is 2.48. The molecule has 2 rings (SSSR count). The number of ether oxygens (including phenoxy) is 1. The normalized spacial score (nSPS) is 15.1. The zero-order valence-corrected chi connectivity index (χ0v) is 11.6. The summed E-state index contributed by atoms with van der Waals surface area (Å²) in [4.78, 5) is 13.3. The maximum Gasteiger partial charge on any atom is 0.305 e. The second-order valence-electron chi connectivity index (χ2n) is 4.80. The fourth-order valence-electron chi connectivity index (χ4n) is 2.70. The fourth-order valence-corrected chi connectivity index (χ4v) is 2.70. The van der Waals surface area contributed by atoms with Gasteiger partial charge in [-0.1, -0.05) is 26.0 Å². The topological polar surface area (TPSA) is 49.8 Å². The van der Waals surface area contributed by atoms with Crippen LogP contribution in [-0.4, -0.2) is 35.7 Å². The molecule has 0 fully saturated rings. The molecule has 4 nitrogen and oxygen atoms in total. The van der Waals surface area contributed by atoms with Gasteiger partial charge in [0.15, 0.2) is 0 Å². The maximum atomic E-state index is 11.1. The molecular weight excluding hydrogens is 242 g/mol. The van der Waals surface area contributed by atoms with Gasteiger partial charge in [-0.15, -0.1) is 0 Å². The zero-order chi connectivity index (χ0) is 13.8. The molecule has 4 heteroatoms. The van der Waals surface area contributed by atoms with Crippen LogP contribution in [0.5, 0.6) is 5.75 Å². The highest BCUT2D eigenvalue weighted by atomic mass is 16.5. The number of rotatable bonds is 6. The summed E-state index contributed by atoms with van der Waals surface area (Å²) in [6, 6.07) is 6.01. The van der Waals surface area contributed by atoms with E-state index in [1.54, 1.807) is 0 Å². The van der Waals surface area contributed by atoms with E-state index >= 15 is 0 Å². The first-order valence-electron chi connectivity index (χ1n) is 6.87. The average Bonchev–Trinajstić information content (AvgIpc) is 2.85. The molecule has 1 aromatic rings. The Bertz CT molecular complexity index is 455. The van der Waals surface area contributed by atoms with Crippen LogP contribution in [0.1, 0.15) is 37.4 Å². The van der Waals surface area contributed by atoms with Gasteiger partial charge in [0.25, 0.3) is 0 Å². The van der Waals surface area contributed by atoms with Gasteiger partial charge in [0.05, 0.1) is 13.0 Å². The van der Waals surface area contributed by atoms with Crippen LogP contribution in [0.4, 0.5) is 0 Å². The lowest BCUT2D eigenvalue weighted by Crippen LogP contribution is -2.30. The van der Waals surface area contributed by atoms with Crippen LogP contribution in [0.3, 0.4) is 0 Å². The molecule has 1 aromatic carbocycles. The van der Waals surface area contributed by atoms with Crippen LogP contribution in [0.2, 0.25) is 0 Å². The lowest BCUT2D eigenvalue weighted by molar-refractivity contribution is -0.138. The monoisotopic (exact) mass is 263 g/mol. The fraction of sp³-hybridized carbons (Fsp3) is 0.533. The lowest BCUT2D eigenvalue weighted by Gasteiger charge is -2.29. The molecule has 0 radical (unpaired) electrons. The number of fused-ring (bicyclic) bond motifs is 1. The Morgan fingerprint density at radius 3 is 2.79 bits per heavy atom. The van der Waals surface area contributed by atoms with E-state index in [0.29, 0.717) is 0 Å². The van der Waals surface area contributed by atoms with Crippen molar-refractivity contribution in [1.82, 2.24) is 4.90 Å². The first kappa shape index (κ1) is 13.9. The average molecular weight is 263 g/mol. The first-order chi connectivity index (χ1) is 9.15. The van der Waals surface area contributed by atoms with Crippen molar-refractivity contribution in [3.05, 3.63) is 29.3 Å². The van der Waals surface area contributed by atoms with Gasteiger partial charge in [0, 0.05) is 12.5 Å². The Balaban J connectivity index is 2.29. The maximum absolute atomic E-state index is 11.1. The molecule has 104 valence electrons. The van der Waals surface area contributed by atoms with Gasteiger partial charge in [0.2, 0.25) is 0 Å². The minimum absolute atomic E-state index is 0.0570. The van der Waals surface area contributed by atoms with Crippen molar-refractivity contribution < 1.29 is 14.6 Å². The molecule has 0 saturated carbocycles. The van der Waals surface area contributed by atoms with Gasteiger partial charge in [-0.3, -0.25) is 9.69 Å². The molecule has 1 aliphatic heterocycles. The summed E-state index contributed by atoms with van der Waals surface area (Å²) < 4.78 is 5.50. The zero-order valence-electron chi connectivity index (χ0n) is 11.6. The van der Waals surface area contributed by atoms with Crippen molar-refractivity contribution in [2.24, 2.45) is 0 Å². The summed E-state index contributed by atoms with van der Waals surface area (Å²) in [6.07, 6.45) is 1.06. The summed E-state index contributed by atoms with van der Waals surface area (Å²) in [5, 5.41) is 9.13. The minimum Gasteiger partial charge on any atom is -0.493 e. The third kappa shape index (κ3) is 3.07. The van der Waals surface area contributed by atoms with Crippen molar-refractivity contribution in [3.8, 4) is 5.75 Å². The Morgan fingerprint density at radius 1 is 1.42 bits per heavy atom. The highest BCUT2D eigenvalue weighted by Gasteiger charge is 2.23. The van der Waals surface area contributed by atoms with Gasteiger partial charge in [-0.05, 0) is 30.3 Å². The number of nitrogens with zero attached hydrogens (tertiary/aromatic N) is 1. The predicted molar refractivity (Wildman–Crippen MR) is 73.6 cm³/mol. The first-order valence-corrected chi connectivity index (χ1v) is 6.87. The molecule has 1 heterocycles. The minimum atomic E-state index is -0.756. The standard InChI is InChI=1S/C15H21NO3/c1-3-16(4-2)13(10-15(17)18)11-5-6-14-12(9-11)7-8-19-14/h5-6,9,13H,3-4,7-8,10H2,1-2H3,(H,17,18). The van der Waals surface area contributed by atoms with Gasteiger partial charge in [-0.2, -0.15) is 0 Å². The Morgan fingerprint density at radius 2 is 2.16 bits per heavy atom. The summed E-state index contributed by atoms with van der Waals surface area (Å²) in [6.45, 7) is 6.56. The number of carbonyl (C=O) groups is 1. The van der Waals surface area contributed by atoms with Crippen LogP contribution in [0.25, 0.3) is 0 Å². The number of benzene rings is 1. The van der Waals surface area contributed by atoms with Gasteiger partial charge >= 0.3 is 5.97 Å². The molecule has 1 N–H and O–H groups in total. The number of hydrogen-bond donors (Lipinski definition) is 1. The second-order valence-corrected chi connectivity index (χ2v) is 4.80. The summed E-state index contributed by atoms with van der Waals surface area (Å²) in [7, 11) is 0. The molecule has 0 spiro atoms. The SMILES string of the molecule is CCN(CC)C(CC(=O)O)c1ccc2c(c1)CCO2. The van der Waals surface area contributed by atoms with Crippen molar-refractivity contribution >= 4 is 5.97 Å². The van der Waals surface area contributed by atoms with E-state index in [1.807, 2.05) is 12.1 Å². The number of carboxylic acids is 1. The Hall–Kier alpha value is -1.55. The molecule has 0 amide bonds. The molecular formula is C15H21NO3. The van der Waals surface area contributed by atoms with E-state index in [4.69, 9.17) is 9.84 Å². The summed E-state index contributed by atoms with van der Waals surface area (Å²) in [5.74, 6) is 0.186. The quantitative estimate of drug-likeness (QED) is 0.856. The summed E-state index contributed by atoms with van der Waals surface area (Å²) >= 11 is 0. The molecule has 19 heavy (non-hydrogen) atoms. The number of hydrogen-bond acceptors (Lipinski definition) is 3. The number of aliphatic carboxylic acids is 1. The van der Waals surface area contributed by atoms with E-state index < -0.39 is 5.97 Å². The van der Waals surface area contributed by atoms with Crippen molar-refractivity contribution in [3.63, 3.8) is 0 Å². The van der Waals surface area contributed by atoms with Gasteiger partial charge in [-0.25, -0.2) is 0 Å². The van der Waals surface area contributed by atoms with Crippen molar-refractivity contribution in [1.29, 1.82) is 0 Å². The Kier molecular flexibility index (Phi) is 4.43. The molecule has 1 atom stereocenters. The third-order valence-electron chi connectivity index (χ3n) is 3.72. The number of carboxylic acid groups (broad SMARTS) is 1. The van der Waals surface area contributed by atoms with E-state index in [9.17, 15) is 4.79 Å². The highest BCUT2D eigenvalue weighted by Crippen LogP contribution is 2.31. The van der Waals surface area contributed by atoms with E-state index in [-0.39, 0.29) is 12.5 Å². The van der Waals surface area contributed by atoms with Crippen LogP contribution in [0, 0.1) is 0 Å². The van der Waals surface area contributed by atoms with Crippen LogP contribution in [0.15, 0.2) is 18.2 Å². The third-order valence-corrected chi connectivity index (χ3v) is 3.72. The lowest BCUT2D eigenvalue weighted by atomic mass is 9.98. The molecule has 0 aromatic heterocycles. The van der Waals surface area contributed by atoms with Gasteiger partial charge < -0.3 is 9.84 Å². The second kappa shape index (κ2) is 6.06. The van der Waals surface area contributed by atoms with Crippen molar-refractivity contribution in [2.45, 2.75) is 32.7 Å². The van der Waals surface area contributed by atoms with E-state index in [1.165, 1.54) is 5.56 Å².